The summed E-state index contributed by atoms with van der Waals surface area (Å²) in [4.78, 5) is 33.1. The van der Waals surface area contributed by atoms with E-state index in [1.165, 1.54) is 29.5 Å². The Morgan fingerprint density at radius 3 is 2.25 bits per heavy atom. The van der Waals surface area contributed by atoms with E-state index >= 15 is 0 Å². The number of amides is 2. The average Bonchev–Trinajstić information content (AvgIpc) is 3.24. The Hall–Kier alpha value is -3.06. The number of carbonyl (C=O) groups excluding carboxylic acids is 2. The summed E-state index contributed by atoms with van der Waals surface area (Å²) in [6, 6.07) is 15.4. The molecule has 0 aliphatic carbocycles. The molecule has 1 saturated heterocycles. The molecule has 142 valence electrons. The van der Waals surface area contributed by atoms with Gasteiger partial charge in [0.15, 0.2) is 0 Å². The Balaban J connectivity index is 1.39. The van der Waals surface area contributed by atoms with E-state index in [9.17, 15) is 14.0 Å². The summed E-state index contributed by atoms with van der Waals surface area (Å²) < 4.78 is 13.3. The minimum atomic E-state index is -0.433. The highest BCUT2D eigenvalue weighted by atomic mass is 32.1. The molecule has 1 aliphatic rings. The minimum absolute atomic E-state index is 0.128. The number of rotatable bonds is 3. The molecule has 1 aromatic heterocycles. The van der Waals surface area contributed by atoms with Crippen molar-refractivity contribution >= 4 is 23.2 Å². The number of thiazole rings is 1. The van der Waals surface area contributed by atoms with Crippen LogP contribution in [0.2, 0.25) is 0 Å². The zero-order chi connectivity index (χ0) is 19.5. The van der Waals surface area contributed by atoms with Crippen LogP contribution in [0.15, 0.2) is 60.0 Å². The Bertz CT molecular complexity index is 998. The molecule has 28 heavy (non-hydrogen) atoms. The first-order valence-electron chi connectivity index (χ1n) is 8.97. The van der Waals surface area contributed by atoms with Gasteiger partial charge in [-0.2, -0.15) is 0 Å². The van der Waals surface area contributed by atoms with E-state index in [1.807, 2.05) is 30.3 Å². The van der Waals surface area contributed by atoms with E-state index in [-0.39, 0.29) is 11.8 Å². The quantitative estimate of drug-likeness (QED) is 0.682. The summed E-state index contributed by atoms with van der Waals surface area (Å²) in [5.41, 5.74) is 1.73. The summed E-state index contributed by atoms with van der Waals surface area (Å²) in [7, 11) is 0. The van der Waals surface area contributed by atoms with E-state index in [0.717, 1.165) is 10.6 Å². The van der Waals surface area contributed by atoms with Gasteiger partial charge in [0.25, 0.3) is 11.8 Å². The Labute approximate surface area is 166 Å². The second kappa shape index (κ2) is 7.90. The number of hydrogen-bond acceptors (Lipinski definition) is 4. The number of benzene rings is 2. The van der Waals surface area contributed by atoms with Gasteiger partial charge in [-0.25, -0.2) is 9.37 Å². The lowest BCUT2D eigenvalue weighted by Gasteiger charge is -2.34. The predicted molar refractivity (Wildman–Crippen MR) is 106 cm³/mol. The highest BCUT2D eigenvalue weighted by molar-refractivity contribution is 7.13. The van der Waals surface area contributed by atoms with Gasteiger partial charge in [0.1, 0.15) is 16.5 Å². The molecule has 3 aromatic rings. The van der Waals surface area contributed by atoms with Crippen molar-refractivity contribution in [2.75, 3.05) is 26.2 Å². The van der Waals surface area contributed by atoms with Crippen LogP contribution in [-0.4, -0.2) is 52.8 Å². The maximum atomic E-state index is 13.3. The molecule has 1 aliphatic heterocycles. The molecule has 0 atom stereocenters. The topological polar surface area (TPSA) is 53.5 Å². The molecule has 5 nitrogen and oxygen atoms in total. The smallest absolute Gasteiger partial charge is 0.273 e. The van der Waals surface area contributed by atoms with Gasteiger partial charge < -0.3 is 9.80 Å². The zero-order valence-corrected chi connectivity index (χ0v) is 15.9. The number of carbonyl (C=O) groups is 2. The monoisotopic (exact) mass is 395 g/mol. The SMILES string of the molecule is O=C(c1cccc(F)c1)N1CCN(C(=O)c2csc(-c3ccccc3)n2)CC1. The first-order chi connectivity index (χ1) is 13.6. The third-order valence-electron chi connectivity index (χ3n) is 4.67. The number of hydrogen-bond donors (Lipinski definition) is 0. The van der Waals surface area contributed by atoms with Gasteiger partial charge >= 0.3 is 0 Å². The molecule has 0 spiro atoms. The molecule has 1 fully saturated rings. The van der Waals surface area contributed by atoms with Crippen LogP contribution < -0.4 is 0 Å². The first kappa shape index (κ1) is 18.3. The van der Waals surface area contributed by atoms with E-state index in [2.05, 4.69) is 4.98 Å². The number of nitrogens with zero attached hydrogens (tertiary/aromatic N) is 3. The Kier molecular flexibility index (Phi) is 5.16. The first-order valence-corrected chi connectivity index (χ1v) is 9.85. The third kappa shape index (κ3) is 3.80. The van der Waals surface area contributed by atoms with Crippen molar-refractivity contribution in [3.63, 3.8) is 0 Å². The fraction of sp³-hybridized carbons (Fsp3) is 0.190. The van der Waals surface area contributed by atoms with Crippen molar-refractivity contribution in [3.8, 4) is 10.6 Å². The van der Waals surface area contributed by atoms with Crippen LogP contribution in [-0.2, 0) is 0 Å². The Morgan fingerprint density at radius 2 is 1.57 bits per heavy atom. The van der Waals surface area contributed by atoms with Crippen LogP contribution in [0.5, 0.6) is 0 Å². The Morgan fingerprint density at radius 1 is 0.893 bits per heavy atom. The van der Waals surface area contributed by atoms with E-state index in [4.69, 9.17) is 0 Å². The predicted octanol–water partition coefficient (Wildman–Crippen LogP) is 3.55. The van der Waals surface area contributed by atoms with Gasteiger partial charge in [-0.1, -0.05) is 36.4 Å². The van der Waals surface area contributed by atoms with Crippen molar-refractivity contribution < 1.29 is 14.0 Å². The van der Waals surface area contributed by atoms with Gasteiger partial charge in [0.2, 0.25) is 0 Å². The fourth-order valence-electron chi connectivity index (χ4n) is 3.16. The molecule has 7 heteroatoms. The average molecular weight is 395 g/mol. The molecule has 0 unspecified atom stereocenters. The molecule has 2 amide bonds. The lowest BCUT2D eigenvalue weighted by molar-refractivity contribution is 0.0532. The maximum absolute atomic E-state index is 13.3. The molecule has 0 saturated carbocycles. The molecule has 0 N–H and O–H groups in total. The largest absolute Gasteiger partial charge is 0.335 e. The lowest BCUT2D eigenvalue weighted by atomic mass is 10.1. The van der Waals surface area contributed by atoms with Gasteiger partial charge in [-0.15, -0.1) is 11.3 Å². The normalized spacial score (nSPS) is 14.2. The molecular formula is C21H18FN3O2S. The second-order valence-electron chi connectivity index (χ2n) is 6.50. The van der Waals surface area contributed by atoms with Gasteiger partial charge in [0, 0.05) is 42.7 Å². The van der Waals surface area contributed by atoms with Gasteiger partial charge in [-0.05, 0) is 18.2 Å². The lowest BCUT2D eigenvalue weighted by Crippen LogP contribution is -2.50. The number of aromatic nitrogens is 1. The zero-order valence-electron chi connectivity index (χ0n) is 15.0. The van der Waals surface area contributed by atoms with Crippen molar-refractivity contribution in [3.05, 3.63) is 77.1 Å². The van der Waals surface area contributed by atoms with Crippen molar-refractivity contribution in [1.29, 1.82) is 0 Å². The van der Waals surface area contributed by atoms with E-state index in [1.54, 1.807) is 21.2 Å². The van der Waals surface area contributed by atoms with Crippen molar-refractivity contribution in [1.82, 2.24) is 14.8 Å². The molecular weight excluding hydrogens is 377 g/mol. The van der Waals surface area contributed by atoms with Crippen LogP contribution in [0, 0.1) is 5.82 Å². The highest BCUT2D eigenvalue weighted by Gasteiger charge is 2.26. The minimum Gasteiger partial charge on any atom is -0.335 e. The van der Waals surface area contributed by atoms with Gasteiger partial charge in [-0.3, -0.25) is 9.59 Å². The molecule has 0 radical (unpaired) electrons. The van der Waals surface area contributed by atoms with Crippen molar-refractivity contribution in [2.24, 2.45) is 0 Å². The second-order valence-corrected chi connectivity index (χ2v) is 7.36. The number of halogens is 1. The van der Waals surface area contributed by atoms with Crippen LogP contribution in [0.1, 0.15) is 20.8 Å². The summed E-state index contributed by atoms with van der Waals surface area (Å²) in [5.74, 6) is -0.777. The van der Waals surface area contributed by atoms with Crippen LogP contribution >= 0.6 is 11.3 Å². The summed E-state index contributed by atoms with van der Waals surface area (Å²) in [6.07, 6.45) is 0. The molecule has 2 heterocycles. The number of piperazine rings is 1. The van der Waals surface area contributed by atoms with E-state index in [0.29, 0.717) is 37.4 Å². The van der Waals surface area contributed by atoms with E-state index < -0.39 is 5.82 Å². The summed E-state index contributed by atoms with van der Waals surface area (Å²) in [5, 5.41) is 2.58. The van der Waals surface area contributed by atoms with Crippen LogP contribution in [0.4, 0.5) is 4.39 Å². The third-order valence-corrected chi connectivity index (χ3v) is 5.56. The van der Waals surface area contributed by atoms with Crippen LogP contribution in [0.3, 0.4) is 0 Å². The highest BCUT2D eigenvalue weighted by Crippen LogP contribution is 2.24. The fourth-order valence-corrected chi connectivity index (χ4v) is 3.96. The van der Waals surface area contributed by atoms with Crippen molar-refractivity contribution in [2.45, 2.75) is 0 Å². The maximum Gasteiger partial charge on any atom is 0.273 e. The van der Waals surface area contributed by atoms with Gasteiger partial charge in [0.05, 0.1) is 0 Å². The summed E-state index contributed by atoms with van der Waals surface area (Å²) >= 11 is 1.44. The molecule has 0 bridgehead atoms. The summed E-state index contributed by atoms with van der Waals surface area (Å²) in [6.45, 7) is 1.68. The van der Waals surface area contributed by atoms with Crippen LogP contribution in [0.25, 0.3) is 10.6 Å². The molecule has 4 rings (SSSR count). The standard InChI is InChI=1S/C21H18FN3O2S/c22-17-8-4-7-16(13-17)20(26)24-9-11-25(12-10-24)21(27)18-14-28-19(23-18)15-5-2-1-3-6-15/h1-8,13-14H,9-12H2. The molecule has 2 aromatic carbocycles.